The molecule has 0 aliphatic heterocycles. The van der Waals surface area contributed by atoms with Gasteiger partial charge < -0.3 is 5.73 Å². The van der Waals surface area contributed by atoms with Gasteiger partial charge in [-0.1, -0.05) is 36.5 Å². The Hall–Kier alpha value is -1.28. The molecule has 0 bridgehead atoms. The van der Waals surface area contributed by atoms with Crippen molar-refractivity contribution in [3.05, 3.63) is 57.3 Å². The summed E-state index contributed by atoms with van der Waals surface area (Å²) in [5, 5.41) is 3.95. The van der Waals surface area contributed by atoms with Gasteiger partial charge in [-0.15, -0.1) is 0 Å². The van der Waals surface area contributed by atoms with Gasteiger partial charge in [0.2, 0.25) is 10.0 Å². The molecule has 0 aliphatic rings. The van der Waals surface area contributed by atoms with Crippen molar-refractivity contribution in [1.29, 1.82) is 0 Å². The summed E-state index contributed by atoms with van der Waals surface area (Å²) in [6, 6.07) is 6.92. The summed E-state index contributed by atoms with van der Waals surface area (Å²) in [6.07, 6.45) is 0. The second-order valence-corrected chi connectivity index (χ2v) is 7.71. The molecule has 0 fully saturated rings. The Kier molecular flexibility index (Phi) is 5.10. The van der Waals surface area contributed by atoms with Crippen LogP contribution in [0.2, 0.25) is 0 Å². The Labute approximate surface area is 134 Å². The second-order valence-electron chi connectivity index (χ2n) is 4.72. The summed E-state index contributed by atoms with van der Waals surface area (Å²) in [6.45, 7) is 2.29. The highest BCUT2D eigenvalue weighted by Gasteiger charge is 2.12. The highest BCUT2D eigenvalue weighted by Crippen LogP contribution is 2.14. The first kappa shape index (κ1) is 16.1. The number of nitrogens with two attached hydrogens (primary N) is 1. The van der Waals surface area contributed by atoms with E-state index < -0.39 is 10.0 Å². The predicted octanol–water partition coefficient (Wildman–Crippen LogP) is 2.31. The lowest BCUT2D eigenvalue weighted by molar-refractivity contribution is 0.580. The third kappa shape index (κ3) is 4.60. The number of aryl methyl sites for hydroxylation is 1. The number of hydrogen-bond donors (Lipinski definition) is 2. The van der Waals surface area contributed by atoms with Crippen LogP contribution in [-0.2, 0) is 22.3 Å². The van der Waals surface area contributed by atoms with Crippen LogP contribution in [0.3, 0.4) is 0 Å². The molecule has 0 unspecified atom stereocenters. The molecule has 0 amide bonds. The summed E-state index contributed by atoms with van der Waals surface area (Å²) in [5.41, 5.74) is 9.04. The lowest BCUT2D eigenvalue weighted by Crippen LogP contribution is -2.24. The van der Waals surface area contributed by atoms with Crippen molar-refractivity contribution >= 4 is 38.6 Å². The van der Waals surface area contributed by atoms with Crippen molar-refractivity contribution < 1.29 is 8.42 Å². The van der Waals surface area contributed by atoms with E-state index in [0.717, 1.165) is 16.7 Å². The summed E-state index contributed by atoms with van der Waals surface area (Å²) in [5.74, 6) is -0.0617. The summed E-state index contributed by atoms with van der Waals surface area (Å²) >= 11 is 6.43. The molecule has 0 saturated carbocycles. The van der Waals surface area contributed by atoms with Crippen molar-refractivity contribution in [3.8, 4) is 0 Å². The fourth-order valence-corrected chi connectivity index (χ4v) is 3.89. The van der Waals surface area contributed by atoms with Gasteiger partial charge >= 0.3 is 0 Å². The van der Waals surface area contributed by atoms with Crippen LogP contribution >= 0.6 is 23.6 Å². The number of rotatable bonds is 6. The quantitative estimate of drug-likeness (QED) is 0.792. The molecule has 2 rings (SSSR count). The fraction of sp³-hybridized carbons (Fsp3) is 0.214. The van der Waals surface area contributed by atoms with Crippen LogP contribution in [0.1, 0.15) is 22.3 Å². The molecule has 0 atom stereocenters. The van der Waals surface area contributed by atoms with Crippen LogP contribution in [0, 0.1) is 6.92 Å². The lowest BCUT2D eigenvalue weighted by Gasteiger charge is -2.07. The zero-order valence-corrected chi connectivity index (χ0v) is 13.9. The van der Waals surface area contributed by atoms with Crippen LogP contribution in [0.5, 0.6) is 0 Å². The van der Waals surface area contributed by atoms with E-state index in [0.29, 0.717) is 17.1 Å². The third-order valence-electron chi connectivity index (χ3n) is 3.04. The van der Waals surface area contributed by atoms with Crippen LogP contribution < -0.4 is 10.5 Å². The van der Waals surface area contributed by atoms with Crippen molar-refractivity contribution in [2.45, 2.75) is 19.2 Å². The molecule has 0 spiro atoms. The summed E-state index contributed by atoms with van der Waals surface area (Å²) < 4.78 is 26.8. The minimum Gasteiger partial charge on any atom is -0.389 e. The molecule has 7 heteroatoms. The molecule has 1 aromatic heterocycles. The molecule has 1 heterocycles. The number of thiophene rings is 1. The van der Waals surface area contributed by atoms with Gasteiger partial charge in [-0.05, 0) is 34.4 Å². The topological polar surface area (TPSA) is 72.2 Å². The Bertz CT molecular complexity index is 734. The highest BCUT2D eigenvalue weighted by molar-refractivity contribution is 7.88. The van der Waals surface area contributed by atoms with E-state index in [1.54, 1.807) is 35.6 Å². The molecule has 0 aliphatic carbocycles. The van der Waals surface area contributed by atoms with Gasteiger partial charge in [0.15, 0.2) is 0 Å². The van der Waals surface area contributed by atoms with Gasteiger partial charge in [-0.25, -0.2) is 13.1 Å². The van der Waals surface area contributed by atoms with Crippen LogP contribution in [0.15, 0.2) is 35.0 Å². The largest absolute Gasteiger partial charge is 0.389 e. The van der Waals surface area contributed by atoms with Crippen LogP contribution in [0.4, 0.5) is 0 Å². The fourth-order valence-electron chi connectivity index (χ4n) is 1.79. The van der Waals surface area contributed by atoms with Gasteiger partial charge in [-0.2, -0.15) is 11.3 Å². The zero-order valence-electron chi connectivity index (χ0n) is 11.5. The van der Waals surface area contributed by atoms with E-state index >= 15 is 0 Å². The molecular weight excluding hydrogens is 324 g/mol. The average Bonchev–Trinajstić information content (AvgIpc) is 2.82. The second kappa shape index (κ2) is 6.65. The standard InChI is InChI=1S/C14H16N2O2S3/c1-10-7-20-8-13(10)6-16-21(17,18)9-11-2-4-12(5-3-11)14(15)19/h2-5,7-8,16H,6,9H2,1H3,(H2,15,19). The van der Waals surface area contributed by atoms with Gasteiger partial charge in [0.1, 0.15) is 4.99 Å². The molecule has 1 aromatic carbocycles. The Morgan fingerprint density at radius 2 is 1.95 bits per heavy atom. The maximum absolute atomic E-state index is 12.1. The van der Waals surface area contributed by atoms with Crippen LogP contribution in [-0.4, -0.2) is 13.4 Å². The van der Waals surface area contributed by atoms with Gasteiger partial charge in [0, 0.05) is 12.1 Å². The first-order chi connectivity index (χ1) is 9.87. The summed E-state index contributed by atoms with van der Waals surface area (Å²) in [4.78, 5) is 0.301. The maximum Gasteiger partial charge on any atom is 0.216 e. The van der Waals surface area contributed by atoms with E-state index in [9.17, 15) is 8.42 Å². The van der Waals surface area contributed by atoms with Gasteiger partial charge in [0.05, 0.1) is 5.75 Å². The SMILES string of the molecule is Cc1cscc1CNS(=O)(=O)Cc1ccc(C(N)=S)cc1. The number of nitrogens with one attached hydrogen (secondary N) is 1. The highest BCUT2D eigenvalue weighted by atomic mass is 32.2. The molecule has 3 N–H and O–H groups in total. The van der Waals surface area contributed by atoms with Crippen LogP contribution in [0.25, 0.3) is 0 Å². The number of hydrogen-bond acceptors (Lipinski definition) is 4. The number of benzene rings is 1. The molecule has 21 heavy (non-hydrogen) atoms. The Balaban J connectivity index is 2.00. The molecule has 2 aromatic rings. The number of thiocarbonyl (C=S) groups is 1. The minimum absolute atomic E-state index is 0.0617. The van der Waals surface area contributed by atoms with E-state index in [2.05, 4.69) is 4.72 Å². The van der Waals surface area contributed by atoms with E-state index in [1.807, 2.05) is 17.7 Å². The van der Waals surface area contributed by atoms with Gasteiger partial charge in [0.25, 0.3) is 0 Å². The van der Waals surface area contributed by atoms with E-state index in [1.165, 1.54) is 0 Å². The molecule has 112 valence electrons. The third-order valence-corrected chi connectivity index (χ3v) is 5.48. The molecular formula is C14H16N2O2S3. The zero-order chi connectivity index (χ0) is 15.5. The smallest absolute Gasteiger partial charge is 0.216 e. The first-order valence-corrected chi connectivity index (χ1v) is 9.25. The number of sulfonamides is 1. The predicted molar refractivity (Wildman–Crippen MR) is 90.8 cm³/mol. The molecule has 4 nitrogen and oxygen atoms in total. The van der Waals surface area contributed by atoms with Crippen molar-refractivity contribution in [2.75, 3.05) is 0 Å². The van der Waals surface area contributed by atoms with E-state index in [-0.39, 0.29) is 5.75 Å². The van der Waals surface area contributed by atoms with Gasteiger partial charge in [-0.3, -0.25) is 0 Å². The molecule has 0 radical (unpaired) electrons. The maximum atomic E-state index is 12.1. The molecule has 0 saturated heterocycles. The summed E-state index contributed by atoms with van der Waals surface area (Å²) in [7, 11) is -3.37. The van der Waals surface area contributed by atoms with Crippen molar-refractivity contribution in [3.63, 3.8) is 0 Å². The Morgan fingerprint density at radius 3 is 2.48 bits per heavy atom. The minimum atomic E-state index is -3.37. The first-order valence-electron chi connectivity index (χ1n) is 6.25. The van der Waals surface area contributed by atoms with E-state index in [4.69, 9.17) is 18.0 Å². The average molecular weight is 340 g/mol. The Morgan fingerprint density at radius 1 is 1.29 bits per heavy atom. The van der Waals surface area contributed by atoms with Crippen molar-refractivity contribution in [1.82, 2.24) is 4.72 Å². The monoisotopic (exact) mass is 340 g/mol. The van der Waals surface area contributed by atoms with Crippen molar-refractivity contribution in [2.24, 2.45) is 5.73 Å². The normalized spacial score (nSPS) is 11.5. The lowest BCUT2D eigenvalue weighted by atomic mass is 10.1.